The Bertz CT molecular complexity index is 956. The Morgan fingerprint density at radius 2 is 1.89 bits per heavy atom. The summed E-state index contributed by atoms with van der Waals surface area (Å²) in [5, 5.41) is 3.88. The molecular weight excluding hydrogens is 432 g/mol. The van der Waals surface area contributed by atoms with Gasteiger partial charge in [0, 0.05) is 0 Å². The van der Waals surface area contributed by atoms with Crippen LogP contribution >= 0.6 is 15.9 Å². The summed E-state index contributed by atoms with van der Waals surface area (Å²) in [6, 6.07) is 8.63. The molecule has 0 saturated carbocycles. The average molecular weight is 455 g/mol. The molecule has 0 bridgehead atoms. The van der Waals surface area contributed by atoms with E-state index in [0.29, 0.717) is 27.1 Å². The van der Waals surface area contributed by atoms with Gasteiger partial charge in [-0.15, -0.1) is 0 Å². The van der Waals surface area contributed by atoms with Gasteiger partial charge in [-0.05, 0) is 73.0 Å². The lowest BCUT2D eigenvalue weighted by Gasteiger charge is -2.15. The highest BCUT2D eigenvalue weighted by atomic mass is 79.9. The lowest BCUT2D eigenvalue weighted by Crippen LogP contribution is -2.19. The molecule has 27 heavy (non-hydrogen) atoms. The lowest BCUT2D eigenvalue weighted by molar-refractivity contribution is 0.228. The van der Waals surface area contributed by atoms with E-state index in [1.54, 1.807) is 38.3 Å². The van der Waals surface area contributed by atoms with Crippen LogP contribution in [0, 0.1) is 13.8 Å². The molecule has 0 amide bonds. The minimum Gasteiger partial charge on any atom is -0.493 e. The molecule has 1 N–H and O–H groups in total. The van der Waals surface area contributed by atoms with Crippen molar-refractivity contribution in [2.45, 2.75) is 38.7 Å². The summed E-state index contributed by atoms with van der Waals surface area (Å²) in [5.74, 6) is 1.11. The van der Waals surface area contributed by atoms with E-state index in [-0.39, 0.29) is 11.0 Å². The Hall–Kier alpha value is -2.06. The third-order valence-electron chi connectivity index (χ3n) is 3.61. The summed E-state index contributed by atoms with van der Waals surface area (Å²) < 4.78 is 36.7. The number of nitrogens with zero attached hydrogens (tertiary/aromatic N) is 1. The van der Waals surface area contributed by atoms with Crippen LogP contribution in [-0.4, -0.2) is 27.8 Å². The SMILES string of the molecule is COc1cc(/C=N/NS(=O)(=O)c2ccc(C)cc2C)cc(Br)c1OC(C)C. The fourth-order valence-electron chi connectivity index (χ4n) is 2.48. The molecule has 0 aliphatic heterocycles. The number of methoxy groups -OCH3 is 1. The highest BCUT2D eigenvalue weighted by Crippen LogP contribution is 2.37. The molecule has 0 saturated heterocycles. The fourth-order valence-corrected chi connectivity index (χ4v) is 4.06. The lowest BCUT2D eigenvalue weighted by atomic mass is 10.2. The summed E-state index contributed by atoms with van der Waals surface area (Å²) in [5.41, 5.74) is 2.31. The van der Waals surface area contributed by atoms with E-state index < -0.39 is 10.0 Å². The number of hydrazone groups is 1. The molecule has 2 aromatic carbocycles. The molecule has 0 aliphatic rings. The van der Waals surface area contributed by atoms with E-state index in [1.807, 2.05) is 26.8 Å². The zero-order chi connectivity index (χ0) is 20.2. The minimum atomic E-state index is -3.74. The van der Waals surface area contributed by atoms with Crippen molar-refractivity contribution >= 4 is 32.2 Å². The van der Waals surface area contributed by atoms with Crippen LogP contribution in [0.5, 0.6) is 11.5 Å². The Morgan fingerprint density at radius 3 is 2.48 bits per heavy atom. The van der Waals surface area contributed by atoms with Gasteiger partial charge in [-0.3, -0.25) is 0 Å². The molecule has 0 unspecified atom stereocenters. The fraction of sp³-hybridized carbons (Fsp3) is 0.316. The Kier molecular flexibility index (Phi) is 6.89. The third-order valence-corrected chi connectivity index (χ3v) is 5.58. The van der Waals surface area contributed by atoms with Crippen LogP contribution in [0.2, 0.25) is 0 Å². The van der Waals surface area contributed by atoms with Gasteiger partial charge in [0.1, 0.15) is 0 Å². The van der Waals surface area contributed by atoms with Crippen LogP contribution in [0.4, 0.5) is 0 Å². The third kappa shape index (κ3) is 5.46. The molecule has 2 rings (SSSR count). The van der Waals surface area contributed by atoms with E-state index >= 15 is 0 Å². The highest BCUT2D eigenvalue weighted by Gasteiger charge is 2.16. The molecule has 0 aliphatic carbocycles. The largest absolute Gasteiger partial charge is 0.493 e. The molecule has 6 nitrogen and oxygen atoms in total. The van der Waals surface area contributed by atoms with Gasteiger partial charge in [0.05, 0.1) is 28.8 Å². The van der Waals surface area contributed by atoms with Crippen molar-refractivity contribution < 1.29 is 17.9 Å². The minimum absolute atomic E-state index is 0.0146. The average Bonchev–Trinajstić information content (AvgIpc) is 2.56. The molecule has 0 aromatic heterocycles. The molecule has 146 valence electrons. The van der Waals surface area contributed by atoms with Crippen molar-refractivity contribution in [1.29, 1.82) is 0 Å². The number of halogens is 1. The first-order chi connectivity index (χ1) is 12.6. The molecule has 0 heterocycles. The summed E-state index contributed by atoms with van der Waals surface area (Å²) >= 11 is 3.45. The molecular formula is C19H23BrN2O4S. The maximum absolute atomic E-state index is 12.4. The van der Waals surface area contributed by atoms with Crippen molar-refractivity contribution in [1.82, 2.24) is 4.83 Å². The van der Waals surface area contributed by atoms with Crippen LogP contribution in [0.25, 0.3) is 0 Å². The number of ether oxygens (including phenoxy) is 2. The zero-order valence-electron chi connectivity index (χ0n) is 15.9. The number of hydrogen-bond acceptors (Lipinski definition) is 5. The quantitative estimate of drug-likeness (QED) is 0.502. The first-order valence-corrected chi connectivity index (χ1v) is 10.6. The smallest absolute Gasteiger partial charge is 0.276 e. The molecule has 0 atom stereocenters. The van der Waals surface area contributed by atoms with Crippen LogP contribution in [0.3, 0.4) is 0 Å². The van der Waals surface area contributed by atoms with Gasteiger partial charge >= 0.3 is 0 Å². The second-order valence-corrected chi connectivity index (χ2v) is 8.81. The number of sulfonamides is 1. The molecule has 0 radical (unpaired) electrons. The van der Waals surface area contributed by atoms with E-state index in [1.165, 1.54) is 6.21 Å². The van der Waals surface area contributed by atoms with Crippen molar-refractivity contribution in [3.63, 3.8) is 0 Å². The summed E-state index contributed by atoms with van der Waals surface area (Å²) in [6.07, 6.45) is 1.40. The number of aryl methyl sites for hydroxylation is 2. The topological polar surface area (TPSA) is 77.0 Å². The molecule has 0 spiro atoms. The number of rotatable bonds is 7. The van der Waals surface area contributed by atoms with Crippen molar-refractivity contribution in [3.05, 3.63) is 51.5 Å². The predicted octanol–water partition coefficient (Wildman–Crippen LogP) is 4.17. The van der Waals surface area contributed by atoms with Crippen LogP contribution in [0.1, 0.15) is 30.5 Å². The Balaban J connectivity index is 2.24. The molecule has 0 fully saturated rings. The highest BCUT2D eigenvalue weighted by molar-refractivity contribution is 9.10. The molecule has 2 aromatic rings. The summed E-state index contributed by atoms with van der Waals surface area (Å²) in [6.45, 7) is 7.50. The van der Waals surface area contributed by atoms with Gasteiger partial charge in [0.15, 0.2) is 11.5 Å². The van der Waals surface area contributed by atoms with Crippen molar-refractivity contribution in [2.75, 3.05) is 7.11 Å². The van der Waals surface area contributed by atoms with E-state index in [2.05, 4.69) is 25.9 Å². The Labute approximate surface area is 168 Å². The maximum Gasteiger partial charge on any atom is 0.276 e. The second-order valence-electron chi connectivity index (χ2n) is 6.32. The summed E-state index contributed by atoms with van der Waals surface area (Å²) in [4.78, 5) is 2.44. The number of nitrogens with one attached hydrogen (secondary N) is 1. The van der Waals surface area contributed by atoms with E-state index in [9.17, 15) is 8.42 Å². The maximum atomic E-state index is 12.4. The van der Waals surface area contributed by atoms with Crippen LogP contribution in [0.15, 0.2) is 44.8 Å². The normalized spacial score (nSPS) is 11.8. The van der Waals surface area contributed by atoms with Gasteiger partial charge in [0.25, 0.3) is 10.0 Å². The van der Waals surface area contributed by atoms with Crippen molar-refractivity contribution in [2.24, 2.45) is 5.10 Å². The van der Waals surface area contributed by atoms with Gasteiger partial charge in [-0.2, -0.15) is 13.5 Å². The van der Waals surface area contributed by atoms with Gasteiger partial charge in [-0.1, -0.05) is 17.7 Å². The van der Waals surface area contributed by atoms with Gasteiger partial charge in [0.2, 0.25) is 0 Å². The first kappa shape index (κ1) is 21.2. The molecule has 8 heteroatoms. The predicted molar refractivity (Wildman–Crippen MR) is 110 cm³/mol. The monoisotopic (exact) mass is 454 g/mol. The van der Waals surface area contributed by atoms with E-state index in [0.717, 1.165) is 5.56 Å². The van der Waals surface area contributed by atoms with Gasteiger partial charge in [-0.25, -0.2) is 4.83 Å². The van der Waals surface area contributed by atoms with Crippen LogP contribution in [-0.2, 0) is 10.0 Å². The number of hydrogen-bond donors (Lipinski definition) is 1. The zero-order valence-corrected chi connectivity index (χ0v) is 18.3. The number of benzene rings is 2. The van der Waals surface area contributed by atoms with Crippen LogP contribution < -0.4 is 14.3 Å². The standard InChI is InChI=1S/C19H23BrN2O4S/c1-12(2)26-19-16(20)9-15(10-17(19)25-5)11-21-22-27(23,24)18-7-6-13(3)8-14(18)4/h6-12,22H,1-5H3/b21-11+. The van der Waals surface area contributed by atoms with E-state index in [4.69, 9.17) is 9.47 Å². The first-order valence-electron chi connectivity index (χ1n) is 8.30. The summed E-state index contributed by atoms with van der Waals surface area (Å²) in [7, 11) is -2.20. The van der Waals surface area contributed by atoms with Crippen molar-refractivity contribution in [3.8, 4) is 11.5 Å². The Morgan fingerprint density at radius 1 is 1.19 bits per heavy atom. The van der Waals surface area contributed by atoms with Gasteiger partial charge < -0.3 is 9.47 Å². The second kappa shape index (κ2) is 8.75.